The molecular formula is C9H12N6O3. The topological polar surface area (TPSA) is 127 Å². The second-order valence-electron chi connectivity index (χ2n) is 3.87. The molecule has 1 aromatic rings. The molecule has 9 nitrogen and oxygen atoms in total. The standard InChI is InChI=1S/C9H12N6O3/c1-5-7(15(17)18)8(13-9(10)12-5)14-3-2-11-6(16)4-14/h2-4H2,1H3,(H,11,16)(H2,10,12,13). The number of nitrogen functional groups attached to an aromatic ring is 1. The van der Waals surface area contributed by atoms with Crippen molar-refractivity contribution >= 4 is 23.4 Å². The average molecular weight is 252 g/mol. The van der Waals surface area contributed by atoms with Gasteiger partial charge in [-0.15, -0.1) is 0 Å². The van der Waals surface area contributed by atoms with Crippen molar-refractivity contribution in [3.05, 3.63) is 15.8 Å². The first-order chi connectivity index (χ1) is 8.49. The molecule has 1 aliphatic rings. The van der Waals surface area contributed by atoms with Crippen molar-refractivity contribution in [1.82, 2.24) is 15.3 Å². The Balaban J connectivity index is 2.48. The van der Waals surface area contributed by atoms with Crippen LogP contribution in [0.3, 0.4) is 0 Å². The predicted molar refractivity (Wildman–Crippen MR) is 63.1 cm³/mol. The highest BCUT2D eigenvalue weighted by molar-refractivity contribution is 5.83. The molecule has 1 aromatic heterocycles. The Morgan fingerprint density at radius 2 is 2.22 bits per heavy atom. The van der Waals surface area contributed by atoms with Crippen LogP contribution in [-0.4, -0.2) is 40.4 Å². The van der Waals surface area contributed by atoms with Crippen LogP contribution in [0.15, 0.2) is 0 Å². The van der Waals surface area contributed by atoms with Crippen molar-refractivity contribution in [2.45, 2.75) is 6.92 Å². The van der Waals surface area contributed by atoms with Crippen LogP contribution < -0.4 is 16.0 Å². The Morgan fingerprint density at radius 3 is 2.83 bits per heavy atom. The summed E-state index contributed by atoms with van der Waals surface area (Å²) in [6.45, 7) is 2.38. The van der Waals surface area contributed by atoms with Crippen molar-refractivity contribution in [2.75, 3.05) is 30.3 Å². The zero-order chi connectivity index (χ0) is 13.3. The summed E-state index contributed by atoms with van der Waals surface area (Å²) in [6, 6.07) is 0. The van der Waals surface area contributed by atoms with Gasteiger partial charge in [0.25, 0.3) is 0 Å². The van der Waals surface area contributed by atoms with Gasteiger partial charge >= 0.3 is 5.69 Å². The minimum atomic E-state index is -0.559. The molecule has 1 amide bonds. The fourth-order valence-corrected chi connectivity index (χ4v) is 1.83. The SMILES string of the molecule is Cc1nc(N)nc(N2CCNC(=O)C2)c1[N+](=O)[O-]. The molecule has 0 bridgehead atoms. The Hall–Kier alpha value is -2.45. The maximum absolute atomic E-state index is 11.3. The first-order valence-electron chi connectivity index (χ1n) is 5.29. The quantitative estimate of drug-likeness (QED) is 0.521. The van der Waals surface area contributed by atoms with Crippen LogP contribution in [0.25, 0.3) is 0 Å². The highest BCUT2D eigenvalue weighted by Crippen LogP contribution is 2.29. The van der Waals surface area contributed by atoms with Crippen molar-refractivity contribution in [3.8, 4) is 0 Å². The zero-order valence-corrected chi connectivity index (χ0v) is 9.71. The van der Waals surface area contributed by atoms with E-state index >= 15 is 0 Å². The van der Waals surface area contributed by atoms with Crippen molar-refractivity contribution in [1.29, 1.82) is 0 Å². The molecule has 0 spiro atoms. The molecule has 1 fully saturated rings. The molecule has 0 atom stereocenters. The predicted octanol–water partition coefficient (Wildman–Crippen LogP) is -0.788. The summed E-state index contributed by atoms with van der Waals surface area (Å²) in [5.41, 5.74) is 5.48. The normalized spacial score (nSPS) is 15.4. The van der Waals surface area contributed by atoms with Gasteiger partial charge in [-0.1, -0.05) is 0 Å². The molecule has 0 unspecified atom stereocenters. The summed E-state index contributed by atoms with van der Waals surface area (Å²) in [5, 5.41) is 13.7. The number of aryl methyl sites for hydroxylation is 1. The van der Waals surface area contributed by atoms with E-state index in [0.29, 0.717) is 13.1 Å². The number of amides is 1. The van der Waals surface area contributed by atoms with Gasteiger partial charge in [-0.3, -0.25) is 14.9 Å². The number of nitro groups is 1. The van der Waals surface area contributed by atoms with Gasteiger partial charge in [0.2, 0.25) is 17.7 Å². The van der Waals surface area contributed by atoms with Crippen molar-refractivity contribution < 1.29 is 9.72 Å². The van der Waals surface area contributed by atoms with Gasteiger partial charge in [-0.2, -0.15) is 4.98 Å². The number of hydrogen-bond donors (Lipinski definition) is 2. The number of carbonyl (C=O) groups is 1. The molecule has 0 aliphatic carbocycles. The number of anilines is 2. The van der Waals surface area contributed by atoms with Crippen LogP contribution in [0.5, 0.6) is 0 Å². The minimum absolute atomic E-state index is 0.0245. The number of nitrogens with zero attached hydrogens (tertiary/aromatic N) is 4. The summed E-state index contributed by atoms with van der Waals surface area (Å²) >= 11 is 0. The Bertz CT molecular complexity index is 517. The average Bonchev–Trinajstić information content (AvgIpc) is 2.27. The largest absolute Gasteiger partial charge is 0.368 e. The molecule has 1 aliphatic heterocycles. The maximum atomic E-state index is 11.3. The van der Waals surface area contributed by atoms with E-state index in [2.05, 4.69) is 15.3 Å². The van der Waals surface area contributed by atoms with Gasteiger partial charge in [0, 0.05) is 13.1 Å². The van der Waals surface area contributed by atoms with Gasteiger partial charge in [0.15, 0.2) is 0 Å². The molecule has 1 saturated heterocycles. The second kappa shape index (κ2) is 4.43. The maximum Gasteiger partial charge on any atom is 0.332 e. The number of piperazine rings is 1. The summed E-state index contributed by atoms with van der Waals surface area (Å²) in [7, 11) is 0. The van der Waals surface area contributed by atoms with Crippen LogP contribution in [-0.2, 0) is 4.79 Å². The molecule has 9 heteroatoms. The van der Waals surface area contributed by atoms with Gasteiger partial charge in [0.1, 0.15) is 5.69 Å². The van der Waals surface area contributed by atoms with E-state index in [9.17, 15) is 14.9 Å². The third-order valence-corrected chi connectivity index (χ3v) is 2.58. The lowest BCUT2D eigenvalue weighted by Crippen LogP contribution is -2.48. The molecule has 0 radical (unpaired) electrons. The molecule has 0 saturated carbocycles. The smallest absolute Gasteiger partial charge is 0.332 e. The highest BCUT2D eigenvalue weighted by Gasteiger charge is 2.28. The zero-order valence-electron chi connectivity index (χ0n) is 9.71. The lowest BCUT2D eigenvalue weighted by molar-refractivity contribution is -0.385. The van der Waals surface area contributed by atoms with E-state index in [1.165, 1.54) is 11.8 Å². The van der Waals surface area contributed by atoms with E-state index in [-0.39, 0.29) is 35.6 Å². The molecule has 2 heterocycles. The number of rotatable bonds is 2. The fourth-order valence-electron chi connectivity index (χ4n) is 1.83. The minimum Gasteiger partial charge on any atom is -0.368 e. The molecule has 96 valence electrons. The highest BCUT2D eigenvalue weighted by atomic mass is 16.6. The number of aromatic nitrogens is 2. The molecule has 18 heavy (non-hydrogen) atoms. The first-order valence-corrected chi connectivity index (χ1v) is 5.29. The van der Waals surface area contributed by atoms with Gasteiger partial charge < -0.3 is 16.0 Å². The lowest BCUT2D eigenvalue weighted by atomic mass is 10.3. The molecular weight excluding hydrogens is 240 g/mol. The monoisotopic (exact) mass is 252 g/mol. The van der Waals surface area contributed by atoms with Crippen molar-refractivity contribution in [3.63, 3.8) is 0 Å². The summed E-state index contributed by atoms with van der Waals surface area (Å²) < 4.78 is 0. The summed E-state index contributed by atoms with van der Waals surface area (Å²) in [4.78, 5) is 31.0. The van der Waals surface area contributed by atoms with E-state index in [1.807, 2.05) is 0 Å². The van der Waals surface area contributed by atoms with Gasteiger partial charge in [0.05, 0.1) is 11.5 Å². The Kier molecular flexibility index (Phi) is 2.96. The number of carbonyl (C=O) groups excluding carboxylic acids is 1. The number of hydrogen-bond acceptors (Lipinski definition) is 7. The number of nitrogens with one attached hydrogen (secondary N) is 1. The summed E-state index contributed by atoms with van der Waals surface area (Å²) in [6.07, 6.45) is 0. The second-order valence-corrected chi connectivity index (χ2v) is 3.87. The molecule has 2 rings (SSSR count). The third-order valence-electron chi connectivity index (χ3n) is 2.58. The van der Waals surface area contributed by atoms with Crippen LogP contribution in [0, 0.1) is 17.0 Å². The van der Waals surface area contributed by atoms with Crippen LogP contribution in [0.2, 0.25) is 0 Å². The van der Waals surface area contributed by atoms with Crippen LogP contribution in [0.1, 0.15) is 5.69 Å². The molecule has 3 N–H and O–H groups in total. The Morgan fingerprint density at radius 1 is 1.50 bits per heavy atom. The first kappa shape index (κ1) is 12.0. The van der Waals surface area contributed by atoms with E-state index in [1.54, 1.807) is 0 Å². The van der Waals surface area contributed by atoms with Crippen LogP contribution in [0.4, 0.5) is 17.5 Å². The van der Waals surface area contributed by atoms with E-state index in [4.69, 9.17) is 5.73 Å². The van der Waals surface area contributed by atoms with Crippen molar-refractivity contribution in [2.24, 2.45) is 0 Å². The summed E-state index contributed by atoms with van der Waals surface area (Å²) in [5.74, 6) is -0.149. The third kappa shape index (κ3) is 2.14. The van der Waals surface area contributed by atoms with Crippen LogP contribution >= 0.6 is 0 Å². The Labute approximate surface area is 102 Å². The fraction of sp³-hybridized carbons (Fsp3) is 0.444. The van der Waals surface area contributed by atoms with Gasteiger partial charge in [-0.25, -0.2) is 4.98 Å². The van der Waals surface area contributed by atoms with Gasteiger partial charge in [-0.05, 0) is 6.92 Å². The van der Waals surface area contributed by atoms with E-state index in [0.717, 1.165) is 0 Å². The van der Waals surface area contributed by atoms with E-state index < -0.39 is 4.92 Å². The molecule has 0 aromatic carbocycles. The number of nitrogens with two attached hydrogens (primary N) is 1. The lowest BCUT2D eigenvalue weighted by Gasteiger charge is -2.27.